The van der Waals surface area contributed by atoms with Gasteiger partial charge in [-0.1, -0.05) is 62.4 Å². The maximum Gasteiger partial charge on any atom is 0.303 e. The summed E-state index contributed by atoms with van der Waals surface area (Å²) in [5.74, 6) is -0.777. The first-order valence-corrected chi connectivity index (χ1v) is 27.8. The smallest absolute Gasteiger partial charge is 0.303 e. The van der Waals surface area contributed by atoms with Gasteiger partial charge < -0.3 is 24.6 Å². The number of carboxylic acids is 2. The summed E-state index contributed by atoms with van der Waals surface area (Å²) in [6.45, 7) is 10.7. The Balaban J connectivity index is 1.24. The molecule has 0 bridgehead atoms. The molecule has 4 N–H and O–H groups in total. The van der Waals surface area contributed by atoms with Crippen LogP contribution in [0.1, 0.15) is 116 Å². The summed E-state index contributed by atoms with van der Waals surface area (Å²) < 4.78 is 79.7. The van der Waals surface area contributed by atoms with E-state index in [1.807, 2.05) is 54.6 Å². The average molecular weight is 1010 g/mol. The van der Waals surface area contributed by atoms with E-state index in [1.165, 1.54) is 0 Å². The van der Waals surface area contributed by atoms with Gasteiger partial charge in [-0.25, -0.2) is 0 Å². The minimum absolute atomic E-state index is 0.141. The molecule has 0 aromatic heterocycles. The Kier molecular flexibility index (Phi) is 18.5. The molecule has 0 aliphatic carbocycles. The Labute approximate surface area is 418 Å². The van der Waals surface area contributed by atoms with Crippen LogP contribution in [0.25, 0.3) is 21.5 Å². The van der Waals surface area contributed by atoms with E-state index in [0.717, 1.165) is 92.6 Å². The summed E-state index contributed by atoms with van der Waals surface area (Å²) in [4.78, 5) is 24.1. The van der Waals surface area contributed by atoms with Crippen molar-refractivity contribution in [3.8, 4) is 11.5 Å². The van der Waals surface area contributed by atoms with Crippen molar-refractivity contribution < 1.29 is 59.8 Å². The van der Waals surface area contributed by atoms with Gasteiger partial charge in [0.15, 0.2) is 5.71 Å². The van der Waals surface area contributed by atoms with Crippen molar-refractivity contribution in [1.29, 1.82) is 0 Å². The van der Waals surface area contributed by atoms with Crippen molar-refractivity contribution >= 4 is 70.8 Å². The number of carbonyl (C=O) groups is 2. The molecule has 16 heteroatoms. The van der Waals surface area contributed by atoms with E-state index in [2.05, 4.69) is 85.7 Å². The summed E-state index contributed by atoms with van der Waals surface area (Å²) in [5.41, 5.74) is 5.39. The highest BCUT2D eigenvalue weighted by atomic mass is 32.2. The van der Waals surface area contributed by atoms with Gasteiger partial charge in [-0.2, -0.15) is 21.4 Å². The lowest BCUT2D eigenvalue weighted by Gasteiger charge is -2.27. The third kappa shape index (κ3) is 14.6. The van der Waals surface area contributed by atoms with Gasteiger partial charge in [-0.05, 0) is 141 Å². The lowest BCUT2D eigenvalue weighted by Crippen LogP contribution is -2.28. The standard InChI is InChI=1S/C55H68N2O12S2/c1-54(2)48(56(32-14-18-36-70(62,63)64)46-30-26-40-24-28-42(38-44(40)52(46)54)68-34-16-8-12-22-50(58)59)20-10-6-5-7-11-21-49-55(3,4)53-45-39-43(69-35-17-9-13-23-51(60)61)29-25-41(45)27-31-47(53)57(49)33-15-19-37-71(65,66)67/h5-7,10-11,20-21,24-31,38-39H,8-9,12-19,22-23,32-37H2,1-4H3,(H3-,58,59,60,61,62,63,64,65,66,67)/p+1. The second-order valence-electron chi connectivity index (χ2n) is 19.4. The fraction of sp³-hybridized carbons (Fsp3) is 0.436. The molecule has 0 unspecified atom stereocenters. The first-order chi connectivity index (χ1) is 33.7. The van der Waals surface area contributed by atoms with Gasteiger partial charge in [0, 0.05) is 60.3 Å². The molecule has 4 aromatic rings. The number of hydrogen-bond acceptors (Lipinski definition) is 9. The number of allylic oxidation sites excluding steroid dienone is 8. The number of anilines is 1. The summed E-state index contributed by atoms with van der Waals surface area (Å²) in [5, 5.41) is 22.1. The normalized spacial score (nSPS) is 16.1. The lowest BCUT2D eigenvalue weighted by molar-refractivity contribution is -0.438. The number of nitrogens with zero attached hydrogens (tertiary/aromatic N) is 2. The molecule has 14 nitrogen and oxygen atoms in total. The Bertz CT molecular complexity index is 2970. The van der Waals surface area contributed by atoms with Crippen LogP contribution in [0.2, 0.25) is 0 Å². The fourth-order valence-electron chi connectivity index (χ4n) is 9.87. The molecule has 2 heterocycles. The molecule has 6 rings (SSSR count). The Morgan fingerprint density at radius 1 is 0.606 bits per heavy atom. The highest BCUT2D eigenvalue weighted by molar-refractivity contribution is 7.86. The summed E-state index contributed by atoms with van der Waals surface area (Å²) in [6.07, 6.45) is 20.2. The zero-order valence-electron chi connectivity index (χ0n) is 41.3. The third-order valence-corrected chi connectivity index (χ3v) is 14.9. The monoisotopic (exact) mass is 1010 g/mol. The van der Waals surface area contributed by atoms with Gasteiger partial charge in [0.2, 0.25) is 5.69 Å². The predicted molar refractivity (Wildman–Crippen MR) is 281 cm³/mol. The molecule has 0 fully saturated rings. The Morgan fingerprint density at radius 2 is 1.13 bits per heavy atom. The van der Waals surface area contributed by atoms with Crippen molar-refractivity contribution in [3.05, 3.63) is 120 Å². The summed E-state index contributed by atoms with van der Waals surface area (Å²) in [7, 11) is -8.19. The first kappa shape index (κ1) is 54.5. The zero-order valence-corrected chi connectivity index (χ0v) is 42.9. The number of carboxylic acid groups (broad SMARTS) is 2. The quantitative estimate of drug-likeness (QED) is 0.0181. The van der Waals surface area contributed by atoms with Crippen LogP contribution < -0.4 is 14.4 Å². The zero-order chi connectivity index (χ0) is 51.4. The van der Waals surface area contributed by atoms with Crippen LogP contribution in [0.5, 0.6) is 11.5 Å². The van der Waals surface area contributed by atoms with E-state index in [4.69, 9.17) is 19.7 Å². The molecule has 0 spiro atoms. The third-order valence-electron chi connectivity index (χ3n) is 13.3. The van der Waals surface area contributed by atoms with Gasteiger partial charge >= 0.3 is 11.9 Å². The van der Waals surface area contributed by atoms with Crippen LogP contribution in [0.3, 0.4) is 0 Å². The fourth-order valence-corrected chi connectivity index (χ4v) is 11.0. The molecule has 2 aliphatic rings. The second-order valence-corrected chi connectivity index (χ2v) is 22.5. The van der Waals surface area contributed by atoms with Crippen molar-refractivity contribution in [1.82, 2.24) is 0 Å². The van der Waals surface area contributed by atoms with Gasteiger partial charge in [-0.15, -0.1) is 0 Å². The average Bonchev–Trinajstić information content (AvgIpc) is 3.65. The van der Waals surface area contributed by atoms with E-state index >= 15 is 0 Å². The van der Waals surface area contributed by atoms with E-state index in [0.29, 0.717) is 64.8 Å². The maximum atomic E-state index is 11.6. The number of hydrogen-bond donors (Lipinski definition) is 4. The molecule has 0 saturated heterocycles. The van der Waals surface area contributed by atoms with Crippen LogP contribution in [-0.2, 0) is 40.7 Å². The molecule has 2 aliphatic heterocycles. The molecule has 71 heavy (non-hydrogen) atoms. The molecular weight excluding hydrogens is 945 g/mol. The first-order valence-electron chi connectivity index (χ1n) is 24.6. The van der Waals surface area contributed by atoms with Crippen molar-refractivity contribution in [2.45, 2.75) is 116 Å². The molecule has 382 valence electrons. The number of fused-ring (bicyclic) bond motifs is 6. The molecular formula is C55H69N2O12S2+. The van der Waals surface area contributed by atoms with E-state index in [1.54, 1.807) is 0 Å². The lowest BCUT2D eigenvalue weighted by atomic mass is 9.79. The largest absolute Gasteiger partial charge is 0.494 e. The minimum atomic E-state index is -4.10. The van der Waals surface area contributed by atoms with Crippen LogP contribution in [0, 0.1) is 0 Å². The van der Waals surface area contributed by atoms with Gasteiger partial charge in [-0.3, -0.25) is 18.7 Å². The Hall–Kier alpha value is -5.81. The van der Waals surface area contributed by atoms with Gasteiger partial charge in [0.05, 0.1) is 30.1 Å². The van der Waals surface area contributed by atoms with Crippen molar-refractivity contribution in [3.63, 3.8) is 0 Å². The van der Waals surface area contributed by atoms with Crippen LogP contribution in [-0.4, -0.2) is 96.2 Å². The van der Waals surface area contributed by atoms with Crippen molar-refractivity contribution in [2.24, 2.45) is 0 Å². The second kappa shape index (κ2) is 24.1. The summed E-state index contributed by atoms with van der Waals surface area (Å²) >= 11 is 0. The van der Waals surface area contributed by atoms with E-state index in [-0.39, 0.29) is 24.3 Å². The highest BCUT2D eigenvalue weighted by Crippen LogP contribution is 2.51. The number of rotatable bonds is 28. The number of unbranched alkanes of at least 4 members (excludes halogenated alkanes) is 6. The van der Waals surface area contributed by atoms with E-state index < -0.39 is 43.0 Å². The van der Waals surface area contributed by atoms with Gasteiger partial charge in [0.1, 0.15) is 18.0 Å². The Morgan fingerprint density at radius 3 is 1.70 bits per heavy atom. The maximum absolute atomic E-state index is 11.6. The van der Waals surface area contributed by atoms with E-state index in [9.17, 15) is 35.5 Å². The SMILES string of the molecule is CC1(C)C(/C=C/C=C/C=C/C=C2/N(CCCCS(=O)(=O)O)c3ccc4ccc(OCCCCCC(=O)O)cc4c3C2(C)C)=[N+](CCCCS(=O)(=O)O)c2ccc3ccc(OCCCCCC(=O)O)cc3c21. The minimum Gasteiger partial charge on any atom is -0.494 e. The molecule has 0 amide bonds. The van der Waals surface area contributed by atoms with Crippen LogP contribution in [0.4, 0.5) is 11.4 Å². The predicted octanol–water partition coefficient (Wildman–Crippen LogP) is 11.1. The number of benzene rings is 4. The van der Waals surface area contributed by atoms with Gasteiger partial charge in [0.25, 0.3) is 20.2 Å². The van der Waals surface area contributed by atoms with Crippen molar-refractivity contribution in [2.75, 3.05) is 42.7 Å². The summed E-state index contributed by atoms with van der Waals surface area (Å²) in [6, 6.07) is 20.5. The van der Waals surface area contributed by atoms with Crippen LogP contribution in [0.15, 0.2) is 109 Å². The molecule has 0 saturated carbocycles. The topological polar surface area (TPSA) is 208 Å². The van der Waals surface area contributed by atoms with Crippen LogP contribution >= 0.6 is 0 Å². The molecule has 0 atom stereocenters. The molecule has 0 radical (unpaired) electrons. The number of ether oxygens (including phenoxy) is 2. The molecule has 4 aromatic carbocycles. The number of aliphatic carboxylic acids is 2. The highest BCUT2D eigenvalue weighted by Gasteiger charge is 2.45.